The van der Waals surface area contributed by atoms with Gasteiger partial charge in [-0.15, -0.1) is 0 Å². The lowest BCUT2D eigenvalue weighted by atomic mass is 10.1. The number of amides is 1. The van der Waals surface area contributed by atoms with Gasteiger partial charge in [0.2, 0.25) is 0 Å². The van der Waals surface area contributed by atoms with Gasteiger partial charge in [0.25, 0.3) is 11.5 Å². The number of thiocarbonyl (C=S) groups is 1. The summed E-state index contributed by atoms with van der Waals surface area (Å²) in [6.45, 7) is 7.12. The molecule has 0 spiro atoms. The number of hydrogen-bond donors (Lipinski definition) is 1. The molecule has 1 aliphatic rings. The molecule has 8 nitrogen and oxygen atoms in total. The van der Waals surface area contributed by atoms with Crippen LogP contribution >= 0.6 is 24.0 Å². The van der Waals surface area contributed by atoms with Crippen molar-refractivity contribution in [3.8, 4) is 11.5 Å². The second kappa shape index (κ2) is 11.4. The number of fused-ring (bicyclic) bond motifs is 1. The highest BCUT2D eigenvalue weighted by atomic mass is 32.2. The zero-order valence-electron chi connectivity index (χ0n) is 21.5. The van der Waals surface area contributed by atoms with Crippen molar-refractivity contribution in [1.82, 2.24) is 14.3 Å². The fourth-order valence-electron chi connectivity index (χ4n) is 3.98. The molecule has 1 saturated heterocycles. The number of carbonyl (C=O) groups is 1. The molecule has 0 unspecified atom stereocenters. The van der Waals surface area contributed by atoms with Gasteiger partial charge in [0.15, 0.2) is 11.5 Å². The van der Waals surface area contributed by atoms with Gasteiger partial charge in [-0.1, -0.05) is 50.0 Å². The lowest BCUT2D eigenvalue weighted by molar-refractivity contribution is -0.122. The molecule has 1 fully saturated rings. The summed E-state index contributed by atoms with van der Waals surface area (Å²) < 4.78 is 12.6. The van der Waals surface area contributed by atoms with E-state index in [1.165, 1.54) is 16.2 Å². The van der Waals surface area contributed by atoms with Crippen molar-refractivity contribution in [2.75, 3.05) is 32.6 Å². The Hall–Kier alpha value is -3.37. The van der Waals surface area contributed by atoms with Gasteiger partial charge in [0.05, 0.1) is 24.7 Å². The fraction of sp³-hybridized carbons (Fsp3) is 0.333. The quantitative estimate of drug-likeness (QED) is 0.314. The van der Waals surface area contributed by atoms with E-state index in [1.54, 1.807) is 31.4 Å². The van der Waals surface area contributed by atoms with Gasteiger partial charge >= 0.3 is 0 Å². The van der Waals surface area contributed by atoms with Crippen LogP contribution in [0.5, 0.6) is 11.5 Å². The third-order valence-electron chi connectivity index (χ3n) is 5.98. The number of pyridine rings is 1. The first-order valence-corrected chi connectivity index (χ1v) is 13.2. The zero-order valence-corrected chi connectivity index (χ0v) is 23.2. The first kappa shape index (κ1) is 26.7. The Bertz CT molecular complexity index is 1450. The lowest BCUT2D eigenvalue weighted by Crippen LogP contribution is -2.30. The van der Waals surface area contributed by atoms with E-state index in [1.807, 2.05) is 37.3 Å². The smallest absolute Gasteiger partial charge is 0.267 e. The highest BCUT2D eigenvalue weighted by Gasteiger charge is 2.32. The molecule has 0 radical (unpaired) electrons. The van der Waals surface area contributed by atoms with E-state index >= 15 is 0 Å². The minimum Gasteiger partial charge on any atom is -0.493 e. The van der Waals surface area contributed by atoms with Crippen LogP contribution in [0, 0.1) is 12.8 Å². The zero-order chi connectivity index (χ0) is 26.7. The van der Waals surface area contributed by atoms with E-state index in [2.05, 4.69) is 19.2 Å². The number of thioether (sulfide) groups is 1. The van der Waals surface area contributed by atoms with E-state index in [4.69, 9.17) is 26.7 Å². The number of hydrogen-bond acceptors (Lipinski definition) is 8. The number of methoxy groups -OCH3 is 2. The van der Waals surface area contributed by atoms with Gasteiger partial charge < -0.3 is 14.8 Å². The molecule has 1 aliphatic heterocycles. The molecule has 0 bridgehead atoms. The van der Waals surface area contributed by atoms with Crippen LogP contribution in [0.15, 0.2) is 46.2 Å². The Balaban J connectivity index is 1.63. The topological polar surface area (TPSA) is 85.2 Å². The van der Waals surface area contributed by atoms with Gasteiger partial charge in [0.1, 0.15) is 15.8 Å². The molecule has 0 atom stereocenters. The Morgan fingerprint density at radius 3 is 2.62 bits per heavy atom. The Morgan fingerprint density at radius 1 is 1.16 bits per heavy atom. The summed E-state index contributed by atoms with van der Waals surface area (Å²) in [6.07, 6.45) is 3.89. The monoisotopic (exact) mass is 538 g/mol. The number of anilines is 1. The van der Waals surface area contributed by atoms with Crippen molar-refractivity contribution in [2.45, 2.75) is 27.2 Å². The summed E-state index contributed by atoms with van der Waals surface area (Å²) in [5.74, 6) is 1.86. The number of benzene rings is 1. The second-order valence-electron chi connectivity index (χ2n) is 9.11. The molecule has 3 aromatic rings. The first-order chi connectivity index (χ1) is 17.7. The van der Waals surface area contributed by atoms with Crippen LogP contribution in [0.1, 0.15) is 30.5 Å². The average Bonchev–Trinajstić information content (AvgIpc) is 3.15. The van der Waals surface area contributed by atoms with Gasteiger partial charge in [-0.3, -0.25) is 18.9 Å². The van der Waals surface area contributed by atoms with Crippen molar-refractivity contribution in [3.63, 3.8) is 0 Å². The fourth-order valence-corrected chi connectivity index (χ4v) is 5.27. The van der Waals surface area contributed by atoms with Crippen LogP contribution in [0.4, 0.5) is 5.82 Å². The largest absolute Gasteiger partial charge is 0.493 e. The summed E-state index contributed by atoms with van der Waals surface area (Å²) in [7, 11) is 3.18. The molecule has 3 heterocycles. The van der Waals surface area contributed by atoms with Gasteiger partial charge in [-0.25, -0.2) is 4.98 Å². The van der Waals surface area contributed by atoms with E-state index < -0.39 is 0 Å². The Labute approximate surface area is 225 Å². The minimum absolute atomic E-state index is 0.223. The number of carbonyl (C=O) groups excluding carboxylic acids is 1. The summed E-state index contributed by atoms with van der Waals surface area (Å²) in [5.41, 5.74) is 2.56. The molecule has 4 rings (SSSR count). The van der Waals surface area contributed by atoms with Crippen LogP contribution in [-0.4, -0.2) is 51.8 Å². The molecule has 0 saturated carbocycles. The summed E-state index contributed by atoms with van der Waals surface area (Å²) in [5, 5.41) is 3.29. The average molecular weight is 539 g/mol. The molecular weight excluding hydrogens is 508 g/mol. The number of aromatic nitrogens is 2. The molecule has 0 aliphatic carbocycles. The summed E-state index contributed by atoms with van der Waals surface area (Å²) in [4.78, 5) is 33.5. The predicted molar refractivity (Wildman–Crippen MR) is 153 cm³/mol. The van der Waals surface area contributed by atoms with Crippen LogP contribution < -0.4 is 20.3 Å². The number of aryl methyl sites for hydroxylation is 1. The van der Waals surface area contributed by atoms with Crippen molar-refractivity contribution in [1.29, 1.82) is 0 Å². The SMILES string of the molecule is COc1ccc(CCN2C(=O)/C(=C/c3c(NCC(C)C)nc4c(C)cccn4c3=O)SC2=S)cc1OC. The molecule has 1 amide bonds. The normalized spacial score (nSPS) is 14.8. The van der Waals surface area contributed by atoms with Crippen molar-refractivity contribution in [3.05, 3.63) is 68.5 Å². The van der Waals surface area contributed by atoms with E-state index in [-0.39, 0.29) is 11.5 Å². The second-order valence-corrected chi connectivity index (χ2v) is 10.8. The van der Waals surface area contributed by atoms with E-state index in [0.29, 0.717) is 63.2 Å². The van der Waals surface area contributed by atoms with Crippen molar-refractivity contribution in [2.24, 2.45) is 5.92 Å². The van der Waals surface area contributed by atoms with Crippen LogP contribution in [0.25, 0.3) is 11.7 Å². The maximum absolute atomic E-state index is 13.5. The van der Waals surface area contributed by atoms with E-state index in [0.717, 1.165) is 11.1 Å². The van der Waals surface area contributed by atoms with Gasteiger partial charge in [-0.2, -0.15) is 0 Å². The third kappa shape index (κ3) is 5.65. The Morgan fingerprint density at radius 2 is 1.92 bits per heavy atom. The molecular formula is C27H30N4O4S2. The van der Waals surface area contributed by atoms with Crippen LogP contribution in [0.2, 0.25) is 0 Å². The molecule has 10 heteroatoms. The number of nitrogens with one attached hydrogen (secondary N) is 1. The van der Waals surface area contributed by atoms with Gasteiger partial charge in [-0.05, 0) is 54.7 Å². The molecule has 37 heavy (non-hydrogen) atoms. The first-order valence-electron chi connectivity index (χ1n) is 12.0. The molecule has 1 N–H and O–H groups in total. The number of ether oxygens (including phenoxy) is 2. The third-order valence-corrected chi connectivity index (χ3v) is 7.36. The van der Waals surface area contributed by atoms with E-state index in [9.17, 15) is 9.59 Å². The van der Waals surface area contributed by atoms with Crippen LogP contribution in [-0.2, 0) is 11.2 Å². The van der Waals surface area contributed by atoms with Crippen LogP contribution in [0.3, 0.4) is 0 Å². The molecule has 1 aromatic carbocycles. The minimum atomic E-state index is -0.240. The number of rotatable bonds is 9. The number of nitrogens with zero attached hydrogens (tertiary/aromatic N) is 3. The molecule has 2 aromatic heterocycles. The summed E-state index contributed by atoms with van der Waals surface area (Å²) >= 11 is 6.72. The standard InChI is InChI=1S/C27H30N4O4S2/c1-16(2)15-28-23-19(25(32)30-11-6-7-17(3)24(30)29-23)14-22-26(33)31(27(36)37-22)12-10-18-8-9-20(34-4)21(13-18)35-5/h6-9,11,13-14,16,28H,10,12,15H2,1-5H3/b22-14-. The predicted octanol–water partition coefficient (Wildman–Crippen LogP) is 4.53. The van der Waals surface area contributed by atoms with Gasteiger partial charge in [0, 0.05) is 19.3 Å². The highest BCUT2D eigenvalue weighted by molar-refractivity contribution is 8.26. The Kier molecular flexibility index (Phi) is 8.19. The lowest BCUT2D eigenvalue weighted by Gasteiger charge is -2.15. The summed E-state index contributed by atoms with van der Waals surface area (Å²) in [6, 6.07) is 9.39. The highest BCUT2D eigenvalue weighted by Crippen LogP contribution is 2.34. The van der Waals surface area contributed by atoms with Crippen molar-refractivity contribution >= 4 is 51.7 Å². The maximum Gasteiger partial charge on any atom is 0.267 e. The van der Waals surface area contributed by atoms with Crippen molar-refractivity contribution < 1.29 is 14.3 Å². The molecule has 194 valence electrons. The maximum atomic E-state index is 13.5.